The Bertz CT molecular complexity index is 794. The quantitative estimate of drug-likeness (QED) is 0.0380. The minimum absolute atomic E-state index is 0.0441. The molecule has 0 aromatic heterocycles. The fourth-order valence-electron chi connectivity index (χ4n) is 6.35. The topological polar surface area (TPSA) is 96.9 Å². The van der Waals surface area contributed by atoms with E-state index in [-0.39, 0.29) is 25.7 Å². The van der Waals surface area contributed by atoms with Gasteiger partial charge in [-0.1, -0.05) is 187 Å². The highest BCUT2D eigenvalue weighted by atomic mass is 31.2. The summed E-state index contributed by atoms with van der Waals surface area (Å²) in [4.78, 5) is 25.1. The summed E-state index contributed by atoms with van der Waals surface area (Å²) in [6.07, 6.45) is 37.1. The van der Waals surface area contributed by atoms with Gasteiger partial charge in [0.1, 0.15) is 19.3 Å². The van der Waals surface area contributed by atoms with Gasteiger partial charge in [0.05, 0.1) is 27.7 Å². The van der Waals surface area contributed by atoms with E-state index < -0.39 is 13.9 Å². The first kappa shape index (κ1) is 50.5. The van der Waals surface area contributed by atoms with Gasteiger partial charge in [-0.3, -0.25) is 9.36 Å². The summed E-state index contributed by atoms with van der Waals surface area (Å²) in [5.74, 6) is -0.0723. The zero-order chi connectivity index (χ0) is 37.7. The molecule has 0 saturated heterocycles. The van der Waals surface area contributed by atoms with Crippen molar-refractivity contribution < 1.29 is 32.5 Å². The molecule has 0 spiro atoms. The molecule has 0 aromatic carbocycles. The van der Waals surface area contributed by atoms with E-state index in [2.05, 4.69) is 19.2 Å². The molecule has 8 nitrogen and oxygen atoms in total. The van der Waals surface area contributed by atoms with Crippen LogP contribution in [0.3, 0.4) is 0 Å². The van der Waals surface area contributed by atoms with Crippen LogP contribution in [-0.4, -0.2) is 70.5 Å². The molecule has 0 aliphatic heterocycles. The van der Waals surface area contributed by atoms with E-state index in [0.29, 0.717) is 24.1 Å². The Balaban J connectivity index is 4.15. The van der Waals surface area contributed by atoms with Gasteiger partial charge < -0.3 is 28.5 Å². The molecule has 2 atom stereocenters. The molecule has 0 saturated carbocycles. The van der Waals surface area contributed by atoms with Gasteiger partial charge in [-0.25, -0.2) is 0 Å². The highest BCUT2D eigenvalue weighted by Gasteiger charge is 2.21. The van der Waals surface area contributed by atoms with Crippen LogP contribution in [0.25, 0.3) is 0 Å². The zero-order valence-electron chi connectivity index (χ0n) is 34.7. The molecule has 9 heteroatoms. The standard InChI is InChI=1S/C42H87N2O6P/c1-6-8-10-12-14-16-18-20-22-23-25-27-29-31-33-35-42(45)43-39-41(50-51(46,47)49-38-36-44(3,4)5)40-48-37-34-32-30-28-26-24-21-19-17-15-13-11-9-7-2/h41H,6-40H2,1-5H3,(H-,43,45,46,47). The Morgan fingerprint density at radius 1 is 0.588 bits per heavy atom. The van der Waals surface area contributed by atoms with Crippen molar-refractivity contribution in [3.05, 3.63) is 0 Å². The highest BCUT2D eigenvalue weighted by molar-refractivity contribution is 7.45. The molecule has 0 radical (unpaired) electrons. The van der Waals surface area contributed by atoms with E-state index in [1.54, 1.807) is 0 Å². The molecule has 51 heavy (non-hydrogen) atoms. The molecule has 0 heterocycles. The van der Waals surface area contributed by atoms with E-state index in [9.17, 15) is 14.3 Å². The maximum atomic E-state index is 12.6. The Morgan fingerprint density at radius 2 is 0.961 bits per heavy atom. The van der Waals surface area contributed by atoms with Crippen molar-refractivity contribution in [2.45, 2.75) is 213 Å². The fraction of sp³-hybridized carbons (Fsp3) is 0.976. The summed E-state index contributed by atoms with van der Waals surface area (Å²) in [5.41, 5.74) is 0. The molecule has 306 valence electrons. The van der Waals surface area contributed by atoms with Crippen LogP contribution in [0.2, 0.25) is 0 Å². The minimum atomic E-state index is -4.53. The molecule has 2 unspecified atom stereocenters. The Labute approximate surface area is 317 Å². The molecular weight excluding hydrogens is 659 g/mol. The monoisotopic (exact) mass is 747 g/mol. The smallest absolute Gasteiger partial charge is 0.268 e. The maximum Gasteiger partial charge on any atom is 0.268 e. The van der Waals surface area contributed by atoms with Crippen LogP contribution in [0.4, 0.5) is 0 Å². The van der Waals surface area contributed by atoms with Crippen LogP contribution >= 0.6 is 7.82 Å². The number of nitrogens with zero attached hydrogens (tertiary/aromatic N) is 1. The number of ether oxygens (including phenoxy) is 1. The van der Waals surface area contributed by atoms with Crippen molar-refractivity contribution in [3.63, 3.8) is 0 Å². The first-order valence-corrected chi connectivity index (χ1v) is 23.3. The van der Waals surface area contributed by atoms with Gasteiger partial charge >= 0.3 is 0 Å². The average molecular weight is 747 g/mol. The zero-order valence-corrected chi connectivity index (χ0v) is 35.6. The van der Waals surface area contributed by atoms with Gasteiger partial charge in [0, 0.05) is 19.6 Å². The van der Waals surface area contributed by atoms with Crippen LogP contribution < -0.4 is 10.2 Å². The van der Waals surface area contributed by atoms with Gasteiger partial charge in [0.15, 0.2) is 0 Å². The van der Waals surface area contributed by atoms with Gasteiger partial charge in [-0.15, -0.1) is 0 Å². The predicted molar refractivity (Wildman–Crippen MR) is 215 cm³/mol. The first-order chi connectivity index (χ1) is 24.6. The molecule has 0 rings (SSSR count). The molecule has 0 aliphatic carbocycles. The van der Waals surface area contributed by atoms with E-state index in [0.717, 1.165) is 32.1 Å². The van der Waals surface area contributed by atoms with Gasteiger partial charge in [0.25, 0.3) is 7.82 Å². The van der Waals surface area contributed by atoms with E-state index in [1.165, 1.54) is 154 Å². The number of phosphoric acid groups is 1. The fourth-order valence-corrected chi connectivity index (χ4v) is 7.22. The number of unbranched alkanes of at least 4 members (excludes halogenated alkanes) is 27. The lowest BCUT2D eigenvalue weighted by atomic mass is 10.0. The number of rotatable bonds is 41. The lowest BCUT2D eigenvalue weighted by molar-refractivity contribution is -0.870. The summed E-state index contributed by atoms with van der Waals surface area (Å²) in [5, 5.41) is 2.88. The summed E-state index contributed by atoms with van der Waals surface area (Å²) in [6.45, 7) is 5.85. The van der Waals surface area contributed by atoms with Crippen LogP contribution in [0.5, 0.6) is 0 Å². The van der Waals surface area contributed by atoms with Gasteiger partial charge in [-0.2, -0.15) is 0 Å². The second-order valence-electron chi connectivity index (χ2n) is 16.2. The summed E-state index contributed by atoms with van der Waals surface area (Å²) in [6, 6.07) is 0. The van der Waals surface area contributed by atoms with Crippen LogP contribution in [0.15, 0.2) is 0 Å². The van der Waals surface area contributed by atoms with Gasteiger partial charge in [-0.05, 0) is 12.8 Å². The van der Waals surface area contributed by atoms with Crippen LogP contribution in [-0.2, 0) is 23.1 Å². The lowest BCUT2D eigenvalue weighted by Gasteiger charge is -2.30. The van der Waals surface area contributed by atoms with E-state index in [4.69, 9.17) is 13.8 Å². The average Bonchev–Trinajstić information content (AvgIpc) is 3.07. The van der Waals surface area contributed by atoms with Crippen molar-refractivity contribution in [2.75, 3.05) is 54.1 Å². The molecule has 0 fully saturated rings. The Kier molecular flexibility index (Phi) is 36.1. The third kappa shape index (κ3) is 40.5. The van der Waals surface area contributed by atoms with Crippen molar-refractivity contribution in [1.29, 1.82) is 0 Å². The largest absolute Gasteiger partial charge is 0.756 e. The Morgan fingerprint density at radius 3 is 1.35 bits per heavy atom. The number of hydrogen-bond donors (Lipinski definition) is 1. The third-order valence-corrected chi connectivity index (χ3v) is 10.8. The molecule has 0 aromatic rings. The summed E-state index contributed by atoms with van der Waals surface area (Å²) < 4.78 is 29.5. The van der Waals surface area contributed by atoms with Gasteiger partial charge in [0.2, 0.25) is 5.91 Å². The number of quaternary nitrogens is 1. The number of phosphoric ester groups is 1. The third-order valence-electron chi connectivity index (χ3n) is 9.77. The molecular formula is C42H87N2O6P. The predicted octanol–water partition coefficient (Wildman–Crippen LogP) is 11.4. The molecule has 1 amide bonds. The lowest BCUT2D eigenvalue weighted by Crippen LogP contribution is -2.39. The minimum Gasteiger partial charge on any atom is -0.756 e. The second-order valence-corrected chi connectivity index (χ2v) is 17.6. The number of carbonyl (C=O) groups excluding carboxylic acids is 1. The molecule has 0 aliphatic rings. The number of amides is 1. The molecule has 1 N–H and O–H groups in total. The van der Waals surface area contributed by atoms with Crippen LogP contribution in [0, 0.1) is 0 Å². The van der Waals surface area contributed by atoms with Crippen molar-refractivity contribution in [1.82, 2.24) is 5.32 Å². The number of hydrogen-bond acceptors (Lipinski definition) is 6. The van der Waals surface area contributed by atoms with Crippen LogP contribution in [0.1, 0.15) is 206 Å². The van der Waals surface area contributed by atoms with Crippen molar-refractivity contribution >= 4 is 13.7 Å². The van der Waals surface area contributed by atoms with E-state index in [1.807, 2.05) is 21.1 Å². The number of carbonyl (C=O) groups is 1. The normalized spacial score (nSPS) is 13.8. The van der Waals surface area contributed by atoms with E-state index >= 15 is 0 Å². The Hall–Kier alpha value is -0.500. The number of likely N-dealkylation sites (N-methyl/N-ethyl adjacent to an activating group) is 1. The SMILES string of the molecule is CCCCCCCCCCCCCCCCCC(=O)NCC(COCCCCCCCCCCCCCCCC)OP(=O)([O-])OCC[N+](C)(C)C. The maximum absolute atomic E-state index is 12.6. The summed E-state index contributed by atoms with van der Waals surface area (Å²) >= 11 is 0. The molecule has 0 bridgehead atoms. The number of nitrogens with one attached hydrogen (secondary N) is 1. The second kappa shape index (κ2) is 36.5. The first-order valence-electron chi connectivity index (χ1n) is 21.9. The summed E-state index contributed by atoms with van der Waals surface area (Å²) in [7, 11) is 1.39. The van der Waals surface area contributed by atoms with Crippen molar-refractivity contribution in [3.8, 4) is 0 Å². The van der Waals surface area contributed by atoms with Crippen molar-refractivity contribution in [2.24, 2.45) is 0 Å². The highest BCUT2D eigenvalue weighted by Crippen LogP contribution is 2.39.